The Balaban J connectivity index is 1.33. The van der Waals surface area contributed by atoms with Crippen molar-refractivity contribution >= 4 is 57.0 Å². The van der Waals surface area contributed by atoms with Crippen LogP contribution in [0.3, 0.4) is 0 Å². The SMILES string of the molecule is CC(C)C1C[C@@H](C(=O)N[C@@H](C#N)c2cncc3cc(F)ccc23)N(C(=O)[C@@H](NC(=O)C(F)(F)F)C(C)(C)C[C@H](C)C2C[C@@H](C(=O)N[C@H](C#N)c3cncc4cc(F)ccc34)N(C(=O)[C@@H](NC(=O)C(F)(F)F)C(C)(C)C)C2)C1. The van der Waals surface area contributed by atoms with E-state index in [0.29, 0.717) is 16.2 Å². The highest BCUT2D eigenvalue weighted by Crippen LogP contribution is 2.41. The third-order valence-corrected chi connectivity index (χ3v) is 14.6. The van der Waals surface area contributed by atoms with Crippen molar-refractivity contribution in [2.24, 2.45) is 34.5 Å². The number of benzene rings is 2. The zero-order chi connectivity index (χ0) is 57.3. The summed E-state index contributed by atoms with van der Waals surface area (Å²) in [6.45, 7) is 11.6. The normalized spacial score (nSPS) is 20.1. The summed E-state index contributed by atoms with van der Waals surface area (Å²) in [7, 11) is 0. The summed E-state index contributed by atoms with van der Waals surface area (Å²) >= 11 is 0. The van der Waals surface area contributed by atoms with Gasteiger partial charge in [0.1, 0.15) is 47.9 Å². The molecule has 2 aromatic heterocycles. The summed E-state index contributed by atoms with van der Waals surface area (Å²) in [5.74, 6) is -12.4. The molecule has 2 aliphatic rings. The number of carbonyl (C=O) groups excluding carboxylic acids is 6. The molecule has 16 nitrogen and oxygen atoms in total. The number of aromatic nitrogens is 2. The zero-order valence-corrected chi connectivity index (χ0v) is 43.2. The molecule has 4 N–H and O–H groups in total. The number of nitrogens with zero attached hydrogens (tertiary/aromatic N) is 6. The molecule has 0 saturated carbocycles. The minimum absolute atomic E-state index is 0.000250. The molecule has 6 rings (SSSR count). The van der Waals surface area contributed by atoms with E-state index in [2.05, 4.69) is 20.6 Å². The number of alkyl halides is 6. The quantitative estimate of drug-likeness (QED) is 0.0862. The molecule has 4 aromatic rings. The molecule has 77 heavy (non-hydrogen) atoms. The van der Waals surface area contributed by atoms with E-state index >= 15 is 4.79 Å². The topological polar surface area (TPSA) is 230 Å². The van der Waals surface area contributed by atoms with Crippen molar-refractivity contribution in [1.29, 1.82) is 10.5 Å². The van der Waals surface area contributed by atoms with Gasteiger partial charge >= 0.3 is 24.2 Å². The number of nitriles is 2. The fourth-order valence-corrected chi connectivity index (χ4v) is 10.4. The Labute approximate surface area is 438 Å². The van der Waals surface area contributed by atoms with Crippen molar-refractivity contribution in [2.75, 3.05) is 13.1 Å². The summed E-state index contributed by atoms with van der Waals surface area (Å²) in [4.78, 5) is 93.8. The third-order valence-electron chi connectivity index (χ3n) is 14.6. The molecule has 0 aliphatic carbocycles. The summed E-state index contributed by atoms with van der Waals surface area (Å²) in [5, 5.41) is 30.7. The molecule has 0 bridgehead atoms. The highest BCUT2D eigenvalue weighted by Gasteiger charge is 2.53. The van der Waals surface area contributed by atoms with Gasteiger partial charge in [0, 0.05) is 59.8 Å². The van der Waals surface area contributed by atoms with E-state index in [9.17, 15) is 69.6 Å². The molecule has 2 aliphatic heterocycles. The second-order valence-electron chi connectivity index (χ2n) is 21.9. The first-order valence-electron chi connectivity index (χ1n) is 24.6. The number of halogens is 8. The van der Waals surface area contributed by atoms with Crippen molar-refractivity contribution in [3.63, 3.8) is 0 Å². The number of amides is 6. The Morgan fingerprint density at radius 1 is 0.623 bits per heavy atom. The van der Waals surface area contributed by atoms with E-state index in [1.807, 2.05) is 31.3 Å². The van der Waals surface area contributed by atoms with Crippen LogP contribution in [0.1, 0.15) is 97.9 Å². The number of carbonyl (C=O) groups is 6. The first kappa shape index (κ1) is 58.8. The van der Waals surface area contributed by atoms with Gasteiger partial charge in [-0.05, 0) is 88.8 Å². The van der Waals surface area contributed by atoms with Gasteiger partial charge in [-0.25, -0.2) is 8.78 Å². The summed E-state index contributed by atoms with van der Waals surface area (Å²) < 4.78 is 112. The smallest absolute Gasteiger partial charge is 0.336 e. The number of likely N-dealkylation sites (tertiary alicyclic amines) is 2. The predicted molar refractivity (Wildman–Crippen MR) is 261 cm³/mol. The van der Waals surface area contributed by atoms with Gasteiger partial charge in [-0.1, -0.05) is 67.5 Å². The van der Waals surface area contributed by atoms with Gasteiger partial charge in [0.2, 0.25) is 23.6 Å². The van der Waals surface area contributed by atoms with E-state index in [1.165, 1.54) is 77.6 Å². The minimum atomic E-state index is -5.50. The molecule has 2 unspecified atom stereocenters. The molecule has 2 aromatic carbocycles. The first-order chi connectivity index (χ1) is 35.8. The largest absolute Gasteiger partial charge is 0.471 e. The molecule has 4 heterocycles. The Morgan fingerprint density at radius 2 is 1.03 bits per heavy atom. The van der Waals surface area contributed by atoms with Crippen LogP contribution in [-0.2, 0) is 28.8 Å². The number of nitrogens with one attached hydrogen (secondary N) is 4. The Morgan fingerprint density at radius 3 is 1.43 bits per heavy atom. The van der Waals surface area contributed by atoms with Crippen LogP contribution >= 0.6 is 0 Å². The lowest BCUT2D eigenvalue weighted by Gasteiger charge is -2.40. The van der Waals surface area contributed by atoms with Gasteiger partial charge in [-0.3, -0.25) is 38.7 Å². The average molecular weight is 1080 g/mol. The Kier molecular flexibility index (Phi) is 17.2. The molecule has 6 amide bonds. The van der Waals surface area contributed by atoms with Crippen LogP contribution < -0.4 is 21.3 Å². The molecule has 412 valence electrons. The highest BCUT2D eigenvalue weighted by molar-refractivity contribution is 5.96. The lowest BCUT2D eigenvalue weighted by Crippen LogP contribution is -2.60. The van der Waals surface area contributed by atoms with Gasteiger partial charge in [0.05, 0.1) is 12.1 Å². The molecule has 2 saturated heterocycles. The van der Waals surface area contributed by atoms with E-state index in [-0.39, 0.29) is 48.2 Å². The van der Waals surface area contributed by atoms with Crippen LogP contribution in [0.4, 0.5) is 35.1 Å². The molecular formula is C53H58F8N10O6. The maximum absolute atomic E-state index is 15.0. The van der Waals surface area contributed by atoms with Crippen LogP contribution in [0.15, 0.2) is 61.2 Å². The number of pyridine rings is 2. The van der Waals surface area contributed by atoms with E-state index < -0.39 is 131 Å². The fraction of sp³-hybridized carbons (Fsp3) is 0.509. The maximum atomic E-state index is 15.0. The van der Waals surface area contributed by atoms with Crippen LogP contribution in [-0.4, -0.2) is 105 Å². The van der Waals surface area contributed by atoms with Crippen molar-refractivity contribution in [3.8, 4) is 12.1 Å². The number of hydrogen-bond donors (Lipinski definition) is 4. The lowest BCUT2D eigenvalue weighted by molar-refractivity contribution is -0.176. The molecule has 2 fully saturated rings. The van der Waals surface area contributed by atoms with Crippen LogP contribution in [0.5, 0.6) is 0 Å². The molecular weight excluding hydrogens is 1020 g/mol. The van der Waals surface area contributed by atoms with Gasteiger partial charge < -0.3 is 31.1 Å². The lowest BCUT2D eigenvalue weighted by atomic mass is 9.72. The third kappa shape index (κ3) is 13.2. The Hall–Kier alpha value is -7.50. The average Bonchev–Trinajstić information content (AvgIpc) is 4.01. The number of fused-ring (bicyclic) bond motifs is 2. The van der Waals surface area contributed by atoms with Crippen LogP contribution in [0.25, 0.3) is 21.5 Å². The van der Waals surface area contributed by atoms with Gasteiger partial charge in [-0.15, -0.1) is 0 Å². The van der Waals surface area contributed by atoms with Crippen molar-refractivity contribution in [1.82, 2.24) is 41.0 Å². The van der Waals surface area contributed by atoms with Crippen molar-refractivity contribution in [3.05, 3.63) is 83.9 Å². The summed E-state index contributed by atoms with van der Waals surface area (Å²) in [6, 6.07) is 1.55. The van der Waals surface area contributed by atoms with Crippen molar-refractivity contribution < 1.29 is 63.9 Å². The first-order valence-corrected chi connectivity index (χ1v) is 24.6. The van der Waals surface area contributed by atoms with E-state index in [4.69, 9.17) is 0 Å². The van der Waals surface area contributed by atoms with Crippen molar-refractivity contribution in [2.45, 2.75) is 123 Å². The monoisotopic (exact) mass is 1080 g/mol. The molecule has 24 heteroatoms. The van der Waals surface area contributed by atoms with Crippen LogP contribution in [0, 0.1) is 68.8 Å². The van der Waals surface area contributed by atoms with Gasteiger partial charge in [-0.2, -0.15) is 36.9 Å². The minimum Gasteiger partial charge on any atom is -0.336 e. The second-order valence-corrected chi connectivity index (χ2v) is 21.9. The predicted octanol–water partition coefficient (Wildman–Crippen LogP) is 7.41. The summed E-state index contributed by atoms with van der Waals surface area (Å²) in [5.41, 5.74) is -2.75. The molecule has 0 spiro atoms. The fourth-order valence-electron chi connectivity index (χ4n) is 10.4. The molecule has 0 radical (unpaired) electrons. The number of hydrogen-bond acceptors (Lipinski definition) is 10. The second kappa shape index (κ2) is 22.6. The van der Waals surface area contributed by atoms with E-state index in [1.54, 1.807) is 12.2 Å². The Bertz CT molecular complexity index is 3020. The summed E-state index contributed by atoms with van der Waals surface area (Å²) in [6.07, 6.45) is -6.20. The number of rotatable bonds is 15. The zero-order valence-electron chi connectivity index (χ0n) is 43.2. The van der Waals surface area contributed by atoms with Gasteiger partial charge in [0.25, 0.3) is 0 Å². The highest BCUT2D eigenvalue weighted by atomic mass is 19.4. The molecule has 9 atom stereocenters. The van der Waals surface area contributed by atoms with Crippen LogP contribution in [0.2, 0.25) is 0 Å². The maximum Gasteiger partial charge on any atom is 0.471 e. The van der Waals surface area contributed by atoms with Gasteiger partial charge in [0.15, 0.2) is 0 Å². The van der Waals surface area contributed by atoms with E-state index in [0.717, 1.165) is 28.0 Å². The standard InChI is InChI=1S/C53H58F8N10O6/c1-26(2)30-15-40(44(72)66-38(18-62)36-22-64-20-28-13-32(54)9-11-34(28)36)70(24-30)47(75)43(69-49(77)53(59,60)61)51(7,8)17-27(3)31-16-41(71(25-31)46(74)42(50(4,5)6)68-48(76)52(56,57)58)45(73)67-39(19-63)37-23-65-21-29-14-33(55)10-12-35(29)37/h9-14,20-23,26-27,30-31,38-43H,15-17,24-25H2,1-8H3,(H,66,72)(H,67,73)(H,68,76)(H,69,77)/t27-,30?,31?,38-,39+,40-,41-,42+,43+/m0/s1.